The third kappa shape index (κ3) is 11.1. The van der Waals surface area contributed by atoms with E-state index in [4.69, 9.17) is 9.47 Å². The molecule has 0 rings (SSSR count). The van der Waals surface area contributed by atoms with E-state index in [1.165, 1.54) is 6.92 Å². The zero-order valence-corrected chi connectivity index (χ0v) is 14.4. The van der Waals surface area contributed by atoms with Crippen LogP contribution >= 0.6 is 0 Å². The van der Waals surface area contributed by atoms with Crippen LogP contribution in [0.4, 0.5) is 4.79 Å². The number of esters is 1. The maximum absolute atomic E-state index is 11.8. The average molecular weight is 330 g/mol. The summed E-state index contributed by atoms with van der Waals surface area (Å²) in [6, 6.07) is -1.01. The predicted molar refractivity (Wildman–Crippen MR) is 82.7 cm³/mol. The van der Waals surface area contributed by atoms with Crippen LogP contribution in [0.15, 0.2) is 0 Å². The number of amides is 2. The smallest absolute Gasteiger partial charge is 0.407 e. The number of Topliss-reactive ketones (excluding diaryl/α,β-unsaturated/α-hetero) is 1. The van der Waals surface area contributed by atoms with Crippen LogP contribution < -0.4 is 10.6 Å². The second kappa shape index (κ2) is 9.81. The van der Waals surface area contributed by atoms with E-state index in [0.29, 0.717) is 0 Å². The molecule has 0 fully saturated rings. The van der Waals surface area contributed by atoms with E-state index in [9.17, 15) is 19.2 Å². The van der Waals surface area contributed by atoms with Crippen LogP contribution in [-0.4, -0.2) is 48.5 Å². The molecule has 1 atom stereocenters. The fourth-order valence-corrected chi connectivity index (χ4v) is 1.58. The molecule has 0 aliphatic rings. The van der Waals surface area contributed by atoms with Crippen molar-refractivity contribution in [2.24, 2.45) is 0 Å². The number of carbonyl (C=O) groups is 4. The van der Waals surface area contributed by atoms with E-state index < -0.39 is 29.6 Å². The lowest BCUT2D eigenvalue weighted by molar-refractivity contribution is -0.148. The molecular formula is C15H26N2O6. The van der Waals surface area contributed by atoms with Crippen molar-refractivity contribution >= 4 is 23.8 Å². The summed E-state index contributed by atoms with van der Waals surface area (Å²) < 4.78 is 9.83. The summed E-state index contributed by atoms with van der Waals surface area (Å²) in [5.41, 5.74) is -0.622. The molecule has 0 aliphatic carbocycles. The molecule has 0 aromatic heterocycles. The highest BCUT2D eigenvalue weighted by Gasteiger charge is 2.23. The Balaban J connectivity index is 4.29. The molecule has 0 radical (unpaired) electrons. The Morgan fingerprint density at radius 2 is 1.74 bits per heavy atom. The lowest BCUT2D eigenvalue weighted by Gasteiger charge is -2.20. The summed E-state index contributed by atoms with van der Waals surface area (Å²) in [6.07, 6.45) is -0.812. The van der Waals surface area contributed by atoms with Crippen molar-refractivity contribution in [2.75, 3.05) is 13.2 Å². The summed E-state index contributed by atoms with van der Waals surface area (Å²) in [7, 11) is 0. The Bertz CT molecular complexity index is 442. The topological polar surface area (TPSA) is 111 Å². The molecule has 0 heterocycles. The lowest BCUT2D eigenvalue weighted by Crippen LogP contribution is -2.44. The summed E-state index contributed by atoms with van der Waals surface area (Å²) in [5.74, 6) is -1.37. The number of ketones is 1. The van der Waals surface area contributed by atoms with Gasteiger partial charge < -0.3 is 20.1 Å². The number of hydrogen-bond donors (Lipinski definition) is 2. The molecule has 2 amide bonds. The van der Waals surface area contributed by atoms with Gasteiger partial charge in [-0.25, -0.2) is 9.59 Å². The molecule has 23 heavy (non-hydrogen) atoms. The fourth-order valence-electron chi connectivity index (χ4n) is 1.58. The van der Waals surface area contributed by atoms with Crippen LogP contribution in [0.5, 0.6) is 0 Å². The Labute approximate surface area is 136 Å². The molecule has 0 aromatic carbocycles. The first-order chi connectivity index (χ1) is 10.5. The molecular weight excluding hydrogens is 304 g/mol. The van der Waals surface area contributed by atoms with E-state index in [1.54, 1.807) is 27.7 Å². The predicted octanol–water partition coefficient (Wildman–Crippen LogP) is 0.928. The highest BCUT2D eigenvalue weighted by Crippen LogP contribution is 2.06. The molecule has 0 saturated heterocycles. The molecule has 0 unspecified atom stereocenters. The van der Waals surface area contributed by atoms with Gasteiger partial charge >= 0.3 is 12.1 Å². The van der Waals surface area contributed by atoms with Crippen LogP contribution in [-0.2, 0) is 23.9 Å². The molecule has 8 heteroatoms. The number of alkyl carbamates (subject to hydrolysis) is 1. The summed E-state index contributed by atoms with van der Waals surface area (Å²) in [6.45, 7) is 8.35. The Hall–Kier alpha value is -2.12. The number of rotatable bonds is 8. The van der Waals surface area contributed by atoms with Gasteiger partial charge in [0.15, 0.2) is 0 Å². The van der Waals surface area contributed by atoms with Gasteiger partial charge in [0.2, 0.25) is 5.91 Å². The second-order valence-corrected chi connectivity index (χ2v) is 5.96. The van der Waals surface area contributed by atoms with Crippen LogP contribution in [0, 0.1) is 0 Å². The van der Waals surface area contributed by atoms with Crippen molar-refractivity contribution in [2.45, 2.75) is 59.1 Å². The van der Waals surface area contributed by atoms with Crippen LogP contribution in [0.2, 0.25) is 0 Å². The van der Waals surface area contributed by atoms with Gasteiger partial charge in [-0.15, -0.1) is 0 Å². The van der Waals surface area contributed by atoms with Gasteiger partial charge in [-0.1, -0.05) is 0 Å². The quantitative estimate of drug-likeness (QED) is 0.641. The zero-order chi connectivity index (χ0) is 18.0. The minimum atomic E-state index is -1.01. The molecule has 8 nitrogen and oxygen atoms in total. The SMILES string of the molecule is CCOC(=O)[C@@H](CC(C)=O)NC(=O)CCNC(=O)OC(C)(C)C. The second-order valence-electron chi connectivity index (χ2n) is 5.96. The van der Waals surface area contributed by atoms with E-state index in [1.807, 2.05) is 0 Å². The largest absolute Gasteiger partial charge is 0.464 e. The average Bonchev–Trinajstić information content (AvgIpc) is 2.35. The minimum Gasteiger partial charge on any atom is -0.464 e. The lowest BCUT2D eigenvalue weighted by atomic mass is 10.1. The molecule has 0 aliphatic heterocycles. The fraction of sp³-hybridized carbons (Fsp3) is 0.733. The number of nitrogens with one attached hydrogen (secondary N) is 2. The molecule has 0 saturated carbocycles. The van der Waals surface area contributed by atoms with Gasteiger partial charge in [-0.2, -0.15) is 0 Å². The summed E-state index contributed by atoms with van der Waals surface area (Å²) in [5, 5.41) is 4.86. The Morgan fingerprint density at radius 3 is 2.22 bits per heavy atom. The Morgan fingerprint density at radius 1 is 1.13 bits per heavy atom. The van der Waals surface area contributed by atoms with E-state index in [-0.39, 0.29) is 31.8 Å². The molecule has 0 aromatic rings. The highest BCUT2D eigenvalue weighted by molar-refractivity contribution is 5.89. The maximum atomic E-state index is 11.8. The van der Waals surface area contributed by atoms with Crippen molar-refractivity contribution in [1.29, 1.82) is 0 Å². The van der Waals surface area contributed by atoms with Crippen molar-refractivity contribution in [3.8, 4) is 0 Å². The van der Waals surface area contributed by atoms with Crippen LogP contribution in [0.25, 0.3) is 0 Å². The number of hydrogen-bond acceptors (Lipinski definition) is 6. The van der Waals surface area contributed by atoms with E-state index >= 15 is 0 Å². The molecule has 0 spiro atoms. The molecule has 0 bridgehead atoms. The van der Waals surface area contributed by atoms with Crippen molar-refractivity contribution < 1.29 is 28.7 Å². The number of carbonyl (C=O) groups excluding carboxylic acids is 4. The van der Waals surface area contributed by atoms with Gasteiger partial charge in [0.05, 0.1) is 6.61 Å². The van der Waals surface area contributed by atoms with Gasteiger partial charge in [0.1, 0.15) is 17.4 Å². The summed E-state index contributed by atoms with van der Waals surface area (Å²) >= 11 is 0. The first-order valence-electron chi connectivity index (χ1n) is 7.47. The van der Waals surface area contributed by atoms with Gasteiger partial charge in [-0.05, 0) is 34.6 Å². The first-order valence-corrected chi connectivity index (χ1v) is 7.47. The molecule has 132 valence electrons. The zero-order valence-electron chi connectivity index (χ0n) is 14.4. The van der Waals surface area contributed by atoms with Crippen LogP contribution in [0.3, 0.4) is 0 Å². The summed E-state index contributed by atoms with van der Waals surface area (Å²) in [4.78, 5) is 46.0. The minimum absolute atomic E-state index is 0.0486. The highest BCUT2D eigenvalue weighted by atomic mass is 16.6. The third-order valence-electron chi connectivity index (χ3n) is 2.42. The van der Waals surface area contributed by atoms with E-state index in [0.717, 1.165) is 0 Å². The van der Waals surface area contributed by atoms with Gasteiger partial charge in [0, 0.05) is 19.4 Å². The first kappa shape index (κ1) is 20.9. The standard InChI is InChI=1S/C15H26N2O6/c1-6-22-13(20)11(9-10(2)18)17-12(19)7-8-16-14(21)23-15(3,4)5/h11H,6-9H2,1-5H3,(H,16,21)(H,17,19)/t11-/m1/s1. The van der Waals surface area contributed by atoms with Crippen LogP contribution in [0.1, 0.15) is 47.5 Å². The monoisotopic (exact) mass is 330 g/mol. The van der Waals surface area contributed by atoms with Crippen molar-refractivity contribution in [1.82, 2.24) is 10.6 Å². The maximum Gasteiger partial charge on any atom is 0.407 e. The van der Waals surface area contributed by atoms with Crippen molar-refractivity contribution in [3.05, 3.63) is 0 Å². The molecule has 2 N–H and O–H groups in total. The Kier molecular flexibility index (Phi) is 8.90. The van der Waals surface area contributed by atoms with Gasteiger partial charge in [-0.3, -0.25) is 9.59 Å². The number of ether oxygens (including phenoxy) is 2. The van der Waals surface area contributed by atoms with E-state index in [2.05, 4.69) is 10.6 Å². The van der Waals surface area contributed by atoms with Gasteiger partial charge in [0.25, 0.3) is 0 Å². The normalized spacial score (nSPS) is 12.0. The van der Waals surface area contributed by atoms with Crippen molar-refractivity contribution in [3.63, 3.8) is 0 Å². The third-order valence-corrected chi connectivity index (χ3v) is 2.42.